The number of anilines is 1. The maximum atomic E-state index is 12.8. The SMILES string of the molecule is CCN(C(=O)CN1CCN(S(=O)(=O)c2ccc(Br)s2)CC1)c1ccccc1C. The lowest BCUT2D eigenvalue weighted by Crippen LogP contribution is -2.51. The first-order valence-electron chi connectivity index (χ1n) is 9.16. The topological polar surface area (TPSA) is 60.9 Å². The molecule has 3 rings (SSSR count). The second-order valence-electron chi connectivity index (χ2n) is 6.66. The van der Waals surface area contributed by atoms with Crippen LogP contribution in [-0.4, -0.2) is 62.8 Å². The third kappa shape index (κ3) is 4.65. The van der Waals surface area contributed by atoms with Crippen LogP contribution in [0.1, 0.15) is 12.5 Å². The minimum Gasteiger partial charge on any atom is -0.311 e. The molecule has 0 saturated carbocycles. The van der Waals surface area contributed by atoms with Gasteiger partial charge in [-0.15, -0.1) is 11.3 Å². The van der Waals surface area contributed by atoms with Crippen LogP contribution in [0.5, 0.6) is 0 Å². The van der Waals surface area contributed by atoms with E-state index < -0.39 is 10.0 Å². The fourth-order valence-electron chi connectivity index (χ4n) is 3.32. The Balaban J connectivity index is 1.61. The second-order valence-corrected chi connectivity index (χ2v) is 11.3. The summed E-state index contributed by atoms with van der Waals surface area (Å²) in [7, 11) is -3.46. The van der Waals surface area contributed by atoms with E-state index in [9.17, 15) is 13.2 Å². The Labute approximate surface area is 178 Å². The zero-order valence-corrected chi connectivity index (χ0v) is 19.2. The third-order valence-corrected chi connectivity index (χ3v) is 8.85. The molecule has 1 saturated heterocycles. The first kappa shape index (κ1) is 21.4. The highest BCUT2D eigenvalue weighted by atomic mass is 79.9. The standard InChI is InChI=1S/C19H24BrN3O3S2/c1-3-23(16-7-5-4-6-15(16)2)18(24)14-21-10-12-22(13-11-21)28(25,26)19-9-8-17(20)27-19/h4-9H,3,10-14H2,1-2H3. The average molecular weight is 486 g/mol. The number of sulfonamides is 1. The van der Waals surface area contributed by atoms with Crippen LogP contribution in [0, 0.1) is 6.92 Å². The van der Waals surface area contributed by atoms with Crippen LogP contribution < -0.4 is 4.90 Å². The number of piperazine rings is 1. The molecule has 1 fully saturated rings. The Hall–Kier alpha value is -1.26. The minimum atomic E-state index is -3.46. The van der Waals surface area contributed by atoms with E-state index in [0.29, 0.717) is 43.5 Å². The highest BCUT2D eigenvalue weighted by molar-refractivity contribution is 9.11. The summed E-state index contributed by atoms with van der Waals surface area (Å²) in [6, 6.07) is 11.2. The van der Waals surface area contributed by atoms with E-state index in [1.807, 2.05) is 43.0 Å². The lowest BCUT2D eigenvalue weighted by atomic mass is 10.1. The quantitative estimate of drug-likeness (QED) is 0.630. The van der Waals surface area contributed by atoms with Crippen LogP contribution in [-0.2, 0) is 14.8 Å². The molecule has 1 aromatic carbocycles. The molecule has 2 aromatic rings. The highest BCUT2D eigenvalue weighted by Crippen LogP contribution is 2.29. The van der Waals surface area contributed by atoms with Gasteiger partial charge >= 0.3 is 0 Å². The van der Waals surface area contributed by atoms with Gasteiger partial charge in [-0.2, -0.15) is 4.31 Å². The number of likely N-dealkylation sites (N-methyl/N-ethyl adjacent to an activating group) is 1. The van der Waals surface area contributed by atoms with Crippen LogP contribution in [0.15, 0.2) is 44.4 Å². The van der Waals surface area contributed by atoms with E-state index in [4.69, 9.17) is 0 Å². The first-order valence-corrected chi connectivity index (χ1v) is 12.2. The summed E-state index contributed by atoms with van der Waals surface area (Å²) in [4.78, 5) is 16.7. The monoisotopic (exact) mass is 485 g/mol. The highest BCUT2D eigenvalue weighted by Gasteiger charge is 2.30. The minimum absolute atomic E-state index is 0.0373. The molecule has 9 heteroatoms. The van der Waals surface area contributed by atoms with Gasteiger partial charge in [0.25, 0.3) is 10.0 Å². The van der Waals surface area contributed by atoms with Crippen molar-refractivity contribution < 1.29 is 13.2 Å². The number of hydrogen-bond acceptors (Lipinski definition) is 5. The van der Waals surface area contributed by atoms with Crippen LogP contribution in [0.2, 0.25) is 0 Å². The van der Waals surface area contributed by atoms with E-state index >= 15 is 0 Å². The number of thiophene rings is 1. The molecule has 0 unspecified atom stereocenters. The van der Waals surface area contributed by atoms with Crippen molar-refractivity contribution in [3.05, 3.63) is 45.7 Å². The van der Waals surface area contributed by atoms with Crippen LogP contribution in [0.4, 0.5) is 5.69 Å². The average Bonchev–Trinajstić information content (AvgIpc) is 3.11. The number of aryl methyl sites for hydroxylation is 1. The molecule has 0 spiro atoms. The van der Waals surface area contributed by atoms with E-state index in [-0.39, 0.29) is 5.91 Å². The van der Waals surface area contributed by atoms with Gasteiger partial charge in [0, 0.05) is 38.4 Å². The van der Waals surface area contributed by atoms with Gasteiger partial charge in [-0.3, -0.25) is 9.69 Å². The van der Waals surface area contributed by atoms with E-state index in [1.165, 1.54) is 15.6 Å². The molecule has 0 aliphatic carbocycles. The van der Waals surface area contributed by atoms with Crippen molar-refractivity contribution in [2.75, 3.05) is 44.2 Å². The molecule has 1 aliphatic heterocycles. The molecular weight excluding hydrogens is 462 g/mol. The smallest absolute Gasteiger partial charge is 0.252 e. The number of nitrogens with zero attached hydrogens (tertiary/aromatic N) is 3. The Bertz CT molecular complexity index is 937. The van der Waals surface area contributed by atoms with Crippen LogP contribution in [0.3, 0.4) is 0 Å². The van der Waals surface area contributed by atoms with Crippen molar-refractivity contribution in [3.8, 4) is 0 Å². The van der Waals surface area contributed by atoms with Crippen molar-refractivity contribution in [3.63, 3.8) is 0 Å². The van der Waals surface area contributed by atoms with Crippen molar-refractivity contribution in [2.45, 2.75) is 18.1 Å². The molecule has 28 heavy (non-hydrogen) atoms. The number of carbonyl (C=O) groups excluding carboxylic acids is 1. The van der Waals surface area contributed by atoms with Gasteiger partial charge in [-0.25, -0.2) is 8.42 Å². The Kier molecular flexibility index (Phi) is 6.93. The van der Waals surface area contributed by atoms with Crippen molar-refractivity contribution >= 4 is 48.9 Å². The zero-order chi connectivity index (χ0) is 20.3. The summed E-state index contributed by atoms with van der Waals surface area (Å²) in [5.74, 6) is 0.0373. The zero-order valence-electron chi connectivity index (χ0n) is 16.0. The van der Waals surface area contributed by atoms with Gasteiger partial charge in [0.15, 0.2) is 0 Å². The van der Waals surface area contributed by atoms with Crippen LogP contribution >= 0.6 is 27.3 Å². The molecule has 0 N–H and O–H groups in total. The summed E-state index contributed by atoms with van der Waals surface area (Å²) in [6.07, 6.45) is 0. The van der Waals surface area contributed by atoms with Gasteiger partial charge in [0.1, 0.15) is 4.21 Å². The fourth-order valence-corrected chi connectivity index (χ4v) is 6.90. The summed E-state index contributed by atoms with van der Waals surface area (Å²) < 4.78 is 28.1. The Morgan fingerprint density at radius 3 is 2.39 bits per heavy atom. The summed E-state index contributed by atoms with van der Waals surface area (Å²) in [5, 5.41) is 0. The molecule has 152 valence electrons. The summed E-state index contributed by atoms with van der Waals surface area (Å²) in [6.45, 7) is 6.73. The molecule has 1 aromatic heterocycles. The molecule has 6 nitrogen and oxygen atoms in total. The van der Waals surface area contributed by atoms with E-state index in [0.717, 1.165) is 15.0 Å². The number of rotatable bonds is 6. The molecule has 1 amide bonds. The van der Waals surface area contributed by atoms with Crippen molar-refractivity contribution in [1.82, 2.24) is 9.21 Å². The van der Waals surface area contributed by atoms with Gasteiger partial charge < -0.3 is 4.90 Å². The summed E-state index contributed by atoms with van der Waals surface area (Å²) in [5.41, 5.74) is 2.00. The number of benzene rings is 1. The maximum absolute atomic E-state index is 12.8. The van der Waals surface area contributed by atoms with Gasteiger partial charge in [0.2, 0.25) is 5.91 Å². The van der Waals surface area contributed by atoms with E-state index in [1.54, 1.807) is 17.0 Å². The normalized spacial score (nSPS) is 16.2. The first-order chi connectivity index (χ1) is 13.3. The lowest BCUT2D eigenvalue weighted by molar-refractivity contribution is -0.120. The largest absolute Gasteiger partial charge is 0.311 e. The van der Waals surface area contributed by atoms with Crippen molar-refractivity contribution in [2.24, 2.45) is 0 Å². The molecule has 0 radical (unpaired) electrons. The molecule has 2 heterocycles. The third-order valence-electron chi connectivity index (χ3n) is 4.86. The Morgan fingerprint density at radius 1 is 1.14 bits per heavy atom. The predicted molar refractivity (Wildman–Crippen MR) is 116 cm³/mol. The molecule has 0 atom stereocenters. The second kappa shape index (κ2) is 9.04. The number of carbonyl (C=O) groups is 1. The van der Waals surface area contributed by atoms with Gasteiger partial charge in [0.05, 0.1) is 10.3 Å². The predicted octanol–water partition coefficient (Wildman–Crippen LogP) is 3.18. The van der Waals surface area contributed by atoms with Gasteiger partial charge in [-0.1, -0.05) is 18.2 Å². The number of halogens is 1. The maximum Gasteiger partial charge on any atom is 0.252 e. The van der Waals surface area contributed by atoms with Crippen LogP contribution in [0.25, 0.3) is 0 Å². The number of hydrogen-bond donors (Lipinski definition) is 0. The lowest BCUT2D eigenvalue weighted by Gasteiger charge is -2.34. The summed E-state index contributed by atoms with van der Waals surface area (Å²) >= 11 is 4.53. The molecule has 0 bridgehead atoms. The fraction of sp³-hybridized carbons (Fsp3) is 0.421. The molecular formula is C19H24BrN3O3S2. The molecule has 1 aliphatic rings. The van der Waals surface area contributed by atoms with Crippen molar-refractivity contribution in [1.29, 1.82) is 0 Å². The van der Waals surface area contributed by atoms with Gasteiger partial charge in [-0.05, 0) is 53.5 Å². The Morgan fingerprint density at radius 2 is 1.82 bits per heavy atom. The van der Waals surface area contributed by atoms with E-state index in [2.05, 4.69) is 15.9 Å². The number of para-hydroxylation sites is 1. The number of amides is 1.